The van der Waals surface area contributed by atoms with Gasteiger partial charge in [-0.15, -0.1) is 11.3 Å². The number of hydrogen-bond acceptors (Lipinski definition) is 4. The minimum Gasteiger partial charge on any atom is -0.396 e. The van der Waals surface area contributed by atoms with Crippen LogP contribution in [0.2, 0.25) is 0 Å². The molecule has 0 aromatic carbocycles. The first-order chi connectivity index (χ1) is 9.26. The number of carbonyl (C=O) groups excluding carboxylic acids is 1. The van der Waals surface area contributed by atoms with E-state index in [4.69, 9.17) is 9.84 Å². The Hall–Kier alpha value is -0.910. The number of thiophene rings is 1. The fraction of sp³-hybridized carbons (Fsp3) is 0.643. The van der Waals surface area contributed by atoms with E-state index in [2.05, 4.69) is 16.8 Å². The minimum atomic E-state index is -0.105. The van der Waals surface area contributed by atoms with E-state index in [1.54, 1.807) is 18.4 Å². The van der Waals surface area contributed by atoms with Crippen LogP contribution >= 0.6 is 11.3 Å². The van der Waals surface area contributed by atoms with E-state index < -0.39 is 0 Å². The van der Waals surface area contributed by atoms with Gasteiger partial charge >= 0.3 is 0 Å². The van der Waals surface area contributed by atoms with Gasteiger partial charge in [-0.25, -0.2) is 0 Å². The van der Waals surface area contributed by atoms with Gasteiger partial charge in [-0.1, -0.05) is 0 Å². The number of aliphatic hydroxyl groups is 1. The Morgan fingerprint density at radius 3 is 3.26 bits per heavy atom. The van der Waals surface area contributed by atoms with Crippen molar-refractivity contribution in [1.82, 2.24) is 5.32 Å². The Balaban J connectivity index is 2.00. The van der Waals surface area contributed by atoms with Crippen LogP contribution in [-0.2, 0) is 16.0 Å². The monoisotopic (exact) mass is 283 g/mol. The highest BCUT2D eigenvalue weighted by Crippen LogP contribution is 2.35. The smallest absolute Gasteiger partial charge is 0.227 e. The van der Waals surface area contributed by atoms with E-state index in [0.29, 0.717) is 13.0 Å². The molecule has 1 heterocycles. The molecule has 1 amide bonds. The van der Waals surface area contributed by atoms with Gasteiger partial charge in [-0.2, -0.15) is 0 Å². The maximum absolute atomic E-state index is 12.4. The van der Waals surface area contributed by atoms with E-state index in [0.717, 1.165) is 19.3 Å². The standard InChI is InChI=1S/C14H21NO3S/c1-18-9-10(5-7-16)15-14(17)12-3-2-4-13-11(12)6-8-19-13/h6,8,10,12,16H,2-5,7,9H2,1H3,(H,15,17). The number of fused-ring (bicyclic) bond motifs is 1. The summed E-state index contributed by atoms with van der Waals surface area (Å²) in [6.07, 6.45) is 3.60. The van der Waals surface area contributed by atoms with Crippen molar-refractivity contribution < 1.29 is 14.6 Å². The number of methoxy groups -OCH3 is 1. The van der Waals surface area contributed by atoms with E-state index >= 15 is 0 Å². The average Bonchev–Trinajstić information content (AvgIpc) is 2.87. The van der Waals surface area contributed by atoms with E-state index in [1.807, 2.05) is 0 Å². The number of rotatable bonds is 6. The Bertz CT molecular complexity index is 413. The number of ether oxygens (including phenoxy) is 1. The molecule has 1 aromatic rings. The van der Waals surface area contributed by atoms with Crippen LogP contribution in [-0.4, -0.2) is 37.4 Å². The lowest BCUT2D eigenvalue weighted by molar-refractivity contribution is -0.124. The summed E-state index contributed by atoms with van der Waals surface area (Å²) in [6, 6.07) is 1.97. The molecule has 106 valence electrons. The van der Waals surface area contributed by atoms with Crippen molar-refractivity contribution in [2.45, 2.75) is 37.6 Å². The first-order valence-electron chi connectivity index (χ1n) is 6.72. The largest absolute Gasteiger partial charge is 0.396 e. The Labute approximate surface area is 117 Å². The van der Waals surface area contributed by atoms with Crippen LogP contribution in [0.5, 0.6) is 0 Å². The van der Waals surface area contributed by atoms with Gasteiger partial charge in [-0.05, 0) is 42.7 Å². The highest BCUT2D eigenvalue weighted by atomic mass is 32.1. The van der Waals surface area contributed by atoms with Crippen molar-refractivity contribution in [3.05, 3.63) is 21.9 Å². The zero-order valence-electron chi connectivity index (χ0n) is 11.2. The number of amides is 1. The fourth-order valence-electron chi connectivity index (χ4n) is 2.61. The molecule has 2 rings (SSSR count). The van der Waals surface area contributed by atoms with Gasteiger partial charge in [0.1, 0.15) is 0 Å². The molecule has 4 nitrogen and oxygen atoms in total. The number of aryl methyl sites for hydroxylation is 1. The van der Waals surface area contributed by atoms with Crippen LogP contribution in [0.15, 0.2) is 11.4 Å². The van der Waals surface area contributed by atoms with Gasteiger partial charge < -0.3 is 15.2 Å². The second-order valence-corrected chi connectivity index (χ2v) is 5.92. The van der Waals surface area contributed by atoms with Crippen molar-refractivity contribution in [2.75, 3.05) is 20.3 Å². The van der Waals surface area contributed by atoms with Crippen LogP contribution in [0.25, 0.3) is 0 Å². The molecular weight excluding hydrogens is 262 g/mol. The van der Waals surface area contributed by atoms with Crippen LogP contribution in [0.4, 0.5) is 0 Å². The molecule has 0 bridgehead atoms. The van der Waals surface area contributed by atoms with E-state index in [9.17, 15) is 4.79 Å². The van der Waals surface area contributed by atoms with Crippen molar-refractivity contribution >= 4 is 17.2 Å². The van der Waals surface area contributed by atoms with Crippen LogP contribution < -0.4 is 5.32 Å². The van der Waals surface area contributed by atoms with Crippen molar-refractivity contribution in [3.63, 3.8) is 0 Å². The molecule has 19 heavy (non-hydrogen) atoms. The molecule has 2 N–H and O–H groups in total. The van der Waals surface area contributed by atoms with E-state index in [-0.39, 0.29) is 24.5 Å². The third-order valence-corrected chi connectivity index (χ3v) is 4.56. The molecule has 0 radical (unpaired) electrons. The third-order valence-electron chi connectivity index (χ3n) is 3.56. The van der Waals surface area contributed by atoms with Gasteiger partial charge in [0.25, 0.3) is 0 Å². The lowest BCUT2D eigenvalue weighted by atomic mass is 9.87. The second-order valence-electron chi connectivity index (χ2n) is 4.92. The first-order valence-corrected chi connectivity index (χ1v) is 7.60. The van der Waals surface area contributed by atoms with Crippen LogP contribution in [0, 0.1) is 0 Å². The zero-order chi connectivity index (χ0) is 13.7. The van der Waals surface area contributed by atoms with Crippen LogP contribution in [0.3, 0.4) is 0 Å². The molecule has 0 aliphatic heterocycles. The van der Waals surface area contributed by atoms with E-state index in [1.165, 1.54) is 10.4 Å². The molecule has 1 aromatic heterocycles. The summed E-state index contributed by atoms with van der Waals surface area (Å²) in [5, 5.41) is 14.1. The molecule has 2 atom stereocenters. The predicted octanol–water partition coefficient (Wildman–Crippen LogP) is 1.68. The van der Waals surface area contributed by atoms with Gasteiger partial charge in [0, 0.05) is 18.6 Å². The normalized spacial score (nSPS) is 19.8. The topological polar surface area (TPSA) is 58.6 Å². The number of nitrogens with one attached hydrogen (secondary N) is 1. The van der Waals surface area contributed by atoms with Crippen molar-refractivity contribution in [2.24, 2.45) is 0 Å². The predicted molar refractivity (Wildman–Crippen MR) is 75.5 cm³/mol. The molecule has 2 unspecified atom stereocenters. The number of hydrogen-bond donors (Lipinski definition) is 2. The summed E-state index contributed by atoms with van der Waals surface area (Å²) in [5.74, 6) is 0.0305. The summed E-state index contributed by atoms with van der Waals surface area (Å²) in [4.78, 5) is 13.7. The lowest BCUT2D eigenvalue weighted by Crippen LogP contribution is -2.41. The van der Waals surface area contributed by atoms with Gasteiger partial charge in [0.15, 0.2) is 0 Å². The SMILES string of the molecule is COCC(CCO)NC(=O)C1CCCc2sccc21. The molecule has 0 fully saturated rings. The van der Waals surface area contributed by atoms with Gasteiger partial charge in [0.05, 0.1) is 18.6 Å². The fourth-order valence-corrected chi connectivity index (χ4v) is 3.60. The summed E-state index contributed by atoms with van der Waals surface area (Å²) in [6.45, 7) is 0.498. The molecule has 1 aliphatic rings. The number of aliphatic hydroxyl groups excluding tert-OH is 1. The minimum absolute atomic E-state index is 0.0342. The molecule has 0 saturated heterocycles. The quantitative estimate of drug-likeness (QED) is 0.835. The van der Waals surface area contributed by atoms with Gasteiger partial charge in [0.2, 0.25) is 5.91 Å². The Morgan fingerprint density at radius 1 is 1.68 bits per heavy atom. The third kappa shape index (κ3) is 3.55. The summed E-state index contributed by atoms with van der Waals surface area (Å²) < 4.78 is 5.08. The second kappa shape index (κ2) is 7.03. The molecular formula is C14H21NO3S. The Morgan fingerprint density at radius 2 is 2.53 bits per heavy atom. The molecule has 0 saturated carbocycles. The summed E-state index contributed by atoms with van der Waals surface area (Å²) >= 11 is 1.74. The van der Waals surface area contributed by atoms with Gasteiger partial charge in [-0.3, -0.25) is 4.79 Å². The molecule has 0 spiro atoms. The maximum Gasteiger partial charge on any atom is 0.227 e. The summed E-state index contributed by atoms with van der Waals surface area (Å²) in [7, 11) is 1.61. The Kier molecular flexibility index (Phi) is 5.36. The lowest BCUT2D eigenvalue weighted by Gasteiger charge is -2.25. The zero-order valence-corrected chi connectivity index (χ0v) is 12.0. The first kappa shape index (κ1) is 14.5. The number of carbonyl (C=O) groups is 1. The highest BCUT2D eigenvalue weighted by molar-refractivity contribution is 7.10. The average molecular weight is 283 g/mol. The van der Waals surface area contributed by atoms with Crippen molar-refractivity contribution in [3.8, 4) is 0 Å². The highest BCUT2D eigenvalue weighted by Gasteiger charge is 2.28. The summed E-state index contributed by atoms with van der Waals surface area (Å²) in [5.41, 5.74) is 1.19. The molecule has 5 heteroatoms. The maximum atomic E-state index is 12.4. The molecule has 1 aliphatic carbocycles. The van der Waals surface area contributed by atoms with Crippen LogP contribution in [0.1, 0.15) is 35.6 Å². The van der Waals surface area contributed by atoms with Crippen molar-refractivity contribution in [1.29, 1.82) is 0 Å².